The van der Waals surface area contributed by atoms with E-state index >= 15 is 0 Å². The van der Waals surface area contributed by atoms with Gasteiger partial charge >= 0.3 is 0 Å². The van der Waals surface area contributed by atoms with Gasteiger partial charge in [0.25, 0.3) is 0 Å². The normalized spacial score (nSPS) is 17.2. The molecule has 1 aliphatic heterocycles. The Morgan fingerprint density at radius 2 is 1.46 bits per heavy atom. The fourth-order valence-corrected chi connectivity index (χ4v) is 5.75. The highest BCUT2D eigenvalue weighted by atomic mass is 32.2. The number of fused-ring (bicyclic) bond motifs is 1. The van der Waals surface area contributed by atoms with Gasteiger partial charge in [0.15, 0.2) is 5.65 Å². The lowest BCUT2D eigenvalue weighted by Gasteiger charge is -2.43. The number of thioether (sulfide) groups is 1. The van der Waals surface area contributed by atoms with E-state index in [4.69, 9.17) is 0 Å². The molecule has 7 nitrogen and oxygen atoms in total. The van der Waals surface area contributed by atoms with Crippen molar-refractivity contribution in [2.75, 3.05) is 26.2 Å². The van der Waals surface area contributed by atoms with E-state index in [0.717, 1.165) is 47.7 Å². The molecule has 1 saturated heterocycles. The summed E-state index contributed by atoms with van der Waals surface area (Å²) in [5.74, 6) is -0.575. The highest BCUT2D eigenvalue weighted by molar-refractivity contribution is 8.00. The number of halogens is 2. The van der Waals surface area contributed by atoms with Crippen molar-refractivity contribution < 1.29 is 13.9 Å². The minimum atomic E-state index is -0.589. The molecule has 0 saturated carbocycles. The van der Waals surface area contributed by atoms with Crippen LogP contribution in [0.2, 0.25) is 0 Å². The maximum absolute atomic E-state index is 13.6. The number of benzene rings is 2. The van der Waals surface area contributed by atoms with Crippen molar-refractivity contribution in [3.05, 3.63) is 83.8 Å². The zero-order chi connectivity index (χ0) is 24.4. The second-order valence-electron chi connectivity index (χ2n) is 8.64. The molecule has 2 aromatic heterocycles. The number of aliphatic hydroxyl groups is 1. The van der Waals surface area contributed by atoms with E-state index in [-0.39, 0.29) is 23.1 Å². The molecule has 2 aromatic carbocycles. The zero-order valence-corrected chi connectivity index (χ0v) is 20.0. The molecule has 10 heteroatoms. The predicted octanol–water partition coefficient (Wildman–Crippen LogP) is 3.84. The Bertz CT molecular complexity index is 1210. The van der Waals surface area contributed by atoms with Crippen LogP contribution in [0.3, 0.4) is 0 Å². The van der Waals surface area contributed by atoms with E-state index in [9.17, 15) is 13.9 Å². The number of piperazine rings is 1. The van der Waals surface area contributed by atoms with E-state index in [1.54, 1.807) is 37.4 Å². The third-order valence-corrected chi connectivity index (χ3v) is 7.78. The van der Waals surface area contributed by atoms with E-state index in [1.807, 2.05) is 0 Å². The summed E-state index contributed by atoms with van der Waals surface area (Å²) in [7, 11) is 0. The topological polar surface area (TPSA) is 81.2 Å². The molecule has 0 bridgehead atoms. The second-order valence-corrected chi connectivity index (χ2v) is 9.74. The van der Waals surface area contributed by atoms with E-state index < -0.39 is 6.10 Å². The Balaban J connectivity index is 1.35. The highest BCUT2D eigenvalue weighted by Crippen LogP contribution is 2.34. The van der Waals surface area contributed by atoms with E-state index in [1.165, 1.54) is 42.4 Å². The molecular formula is C25H26F2N6OS. The first kappa shape index (κ1) is 23.8. The van der Waals surface area contributed by atoms with Crippen LogP contribution in [0.5, 0.6) is 0 Å². The summed E-state index contributed by atoms with van der Waals surface area (Å²) in [6.45, 7) is 4.70. The molecule has 182 valence electrons. The largest absolute Gasteiger partial charge is 0.391 e. The summed E-state index contributed by atoms with van der Waals surface area (Å²) in [5, 5.41) is 18.9. The second kappa shape index (κ2) is 10.4. The van der Waals surface area contributed by atoms with Crippen molar-refractivity contribution in [1.82, 2.24) is 30.0 Å². The van der Waals surface area contributed by atoms with Gasteiger partial charge in [0.05, 0.1) is 29.1 Å². The molecule has 0 radical (unpaired) electrons. The maximum atomic E-state index is 13.6. The first-order chi connectivity index (χ1) is 17.0. The van der Waals surface area contributed by atoms with Crippen molar-refractivity contribution in [3.8, 4) is 0 Å². The van der Waals surface area contributed by atoms with Crippen LogP contribution in [-0.4, -0.2) is 72.7 Å². The van der Waals surface area contributed by atoms with E-state index in [2.05, 4.69) is 30.0 Å². The fourth-order valence-electron chi connectivity index (χ4n) is 4.58. The van der Waals surface area contributed by atoms with Gasteiger partial charge in [-0.3, -0.25) is 14.9 Å². The minimum absolute atomic E-state index is 0.122. The van der Waals surface area contributed by atoms with Crippen molar-refractivity contribution >= 4 is 22.8 Å². The standard InChI is InChI=1S/C25H26F2N6OS/c1-16(34)25(35-24-21-14-30-31-23(21)28-15-29-24)33-12-10-32(11-13-33)22(17-2-6-19(26)7-3-17)18-4-8-20(27)9-5-18/h2-9,14-16,22,25,34H,10-13H2,1H3,(H,28,29,30,31). The molecular weight excluding hydrogens is 470 g/mol. The van der Waals surface area contributed by atoms with Gasteiger partial charge in [-0.1, -0.05) is 36.0 Å². The van der Waals surface area contributed by atoms with Crippen LogP contribution in [0.25, 0.3) is 11.0 Å². The molecule has 3 heterocycles. The van der Waals surface area contributed by atoms with Crippen LogP contribution < -0.4 is 0 Å². The van der Waals surface area contributed by atoms with Gasteiger partial charge in [-0.15, -0.1) is 0 Å². The van der Waals surface area contributed by atoms with Gasteiger partial charge in [0.2, 0.25) is 0 Å². The molecule has 5 rings (SSSR count). The molecule has 2 unspecified atom stereocenters. The number of aliphatic hydroxyl groups excluding tert-OH is 1. The van der Waals surface area contributed by atoms with Gasteiger partial charge < -0.3 is 5.11 Å². The van der Waals surface area contributed by atoms with Gasteiger partial charge in [0, 0.05) is 26.2 Å². The number of rotatable bonds is 7. The van der Waals surface area contributed by atoms with Crippen LogP contribution in [-0.2, 0) is 0 Å². The molecule has 4 aromatic rings. The lowest BCUT2D eigenvalue weighted by atomic mass is 9.96. The summed E-state index contributed by atoms with van der Waals surface area (Å²) in [6.07, 6.45) is 2.61. The fraction of sp³-hybridized carbons (Fsp3) is 0.320. The summed E-state index contributed by atoms with van der Waals surface area (Å²) < 4.78 is 27.2. The SMILES string of the molecule is CC(O)C(Sc1ncnc2[nH]ncc12)N1CCN(C(c2ccc(F)cc2)c2ccc(F)cc2)CC1. The summed E-state index contributed by atoms with van der Waals surface area (Å²) in [6, 6.07) is 12.9. The number of hydrogen-bond donors (Lipinski definition) is 2. The first-order valence-corrected chi connectivity index (χ1v) is 12.4. The number of aromatic nitrogens is 4. The van der Waals surface area contributed by atoms with Crippen LogP contribution in [0.1, 0.15) is 24.1 Å². The van der Waals surface area contributed by atoms with Crippen LogP contribution in [0, 0.1) is 11.6 Å². The van der Waals surface area contributed by atoms with Crippen molar-refractivity contribution in [2.24, 2.45) is 0 Å². The lowest BCUT2D eigenvalue weighted by Crippen LogP contribution is -2.52. The molecule has 2 N–H and O–H groups in total. The molecule has 0 aliphatic carbocycles. The Labute approximate surface area is 206 Å². The third kappa shape index (κ3) is 5.20. The number of H-pyrrole nitrogens is 1. The number of aromatic amines is 1. The van der Waals surface area contributed by atoms with Crippen molar-refractivity contribution in [2.45, 2.75) is 29.5 Å². The Morgan fingerprint density at radius 3 is 2.03 bits per heavy atom. The average molecular weight is 497 g/mol. The van der Waals surface area contributed by atoms with Crippen LogP contribution >= 0.6 is 11.8 Å². The number of hydrogen-bond acceptors (Lipinski definition) is 7. The predicted molar refractivity (Wildman–Crippen MR) is 131 cm³/mol. The molecule has 0 amide bonds. The lowest BCUT2D eigenvalue weighted by molar-refractivity contribution is 0.0555. The Kier molecular flexibility index (Phi) is 7.05. The smallest absolute Gasteiger partial charge is 0.159 e. The highest BCUT2D eigenvalue weighted by Gasteiger charge is 2.32. The molecule has 2 atom stereocenters. The average Bonchev–Trinajstić information content (AvgIpc) is 3.35. The Hall–Kier alpha value is -2.92. The number of nitrogens with one attached hydrogen (secondary N) is 1. The summed E-state index contributed by atoms with van der Waals surface area (Å²) >= 11 is 1.51. The number of nitrogens with zero attached hydrogens (tertiary/aromatic N) is 5. The van der Waals surface area contributed by atoms with Crippen LogP contribution in [0.4, 0.5) is 8.78 Å². The third-order valence-electron chi connectivity index (χ3n) is 6.30. The minimum Gasteiger partial charge on any atom is -0.391 e. The zero-order valence-electron chi connectivity index (χ0n) is 19.2. The van der Waals surface area contributed by atoms with Crippen molar-refractivity contribution in [3.63, 3.8) is 0 Å². The van der Waals surface area contributed by atoms with Crippen molar-refractivity contribution in [1.29, 1.82) is 0 Å². The van der Waals surface area contributed by atoms with Gasteiger partial charge in [0.1, 0.15) is 23.0 Å². The monoisotopic (exact) mass is 496 g/mol. The maximum Gasteiger partial charge on any atom is 0.159 e. The molecule has 1 fully saturated rings. The summed E-state index contributed by atoms with van der Waals surface area (Å²) in [4.78, 5) is 13.2. The van der Waals surface area contributed by atoms with Gasteiger partial charge in [-0.25, -0.2) is 18.7 Å². The first-order valence-electron chi connectivity index (χ1n) is 11.5. The molecule has 35 heavy (non-hydrogen) atoms. The van der Waals surface area contributed by atoms with E-state index in [0.29, 0.717) is 5.65 Å². The summed E-state index contributed by atoms with van der Waals surface area (Å²) in [5.41, 5.74) is 2.57. The quantitative estimate of drug-likeness (QED) is 0.297. The van der Waals surface area contributed by atoms with Gasteiger partial charge in [-0.05, 0) is 42.3 Å². The molecule has 1 aliphatic rings. The Morgan fingerprint density at radius 1 is 0.886 bits per heavy atom. The van der Waals surface area contributed by atoms with Gasteiger partial charge in [-0.2, -0.15) is 5.10 Å². The van der Waals surface area contributed by atoms with Crippen LogP contribution in [0.15, 0.2) is 66.1 Å². The molecule has 0 spiro atoms.